The number of hydrogen-bond donors (Lipinski definition) is 2. The fourth-order valence-electron chi connectivity index (χ4n) is 3.24. The summed E-state index contributed by atoms with van der Waals surface area (Å²) in [6, 6.07) is 9.83. The molecule has 0 spiro atoms. The zero-order chi connectivity index (χ0) is 18.8. The molecule has 6 nitrogen and oxygen atoms in total. The van der Waals surface area contributed by atoms with E-state index in [9.17, 15) is 9.59 Å². The van der Waals surface area contributed by atoms with E-state index in [0.717, 1.165) is 53.8 Å². The second-order valence-corrected chi connectivity index (χ2v) is 7.91. The molecule has 0 bridgehead atoms. The number of nitrogens with two attached hydrogens (primary N) is 1. The van der Waals surface area contributed by atoms with E-state index in [1.54, 1.807) is 0 Å². The molecule has 2 amide bonds. The van der Waals surface area contributed by atoms with E-state index in [1.807, 2.05) is 30.3 Å². The topological polar surface area (TPSA) is 93.8 Å². The highest BCUT2D eigenvalue weighted by Gasteiger charge is 2.33. The van der Waals surface area contributed by atoms with E-state index in [4.69, 9.17) is 10.6 Å². The summed E-state index contributed by atoms with van der Waals surface area (Å²) in [5, 5.41) is 7.76. The van der Waals surface area contributed by atoms with E-state index >= 15 is 0 Å². The normalized spacial score (nSPS) is 17.4. The van der Waals surface area contributed by atoms with E-state index in [2.05, 4.69) is 10.5 Å². The van der Waals surface area contributed by atoms with Gasteiger partial charge < -0.3 is 15.9 Å². The number of nitrogens with one attached hydrogen (secondary N) is 1. The van der Waals surface area contributed by atoms with Crippen LogP contribution in [0.2, 0.25) is 0 Å². The number of oxime groups is 1. The Morgan fingerprint density at radius 2 is 2.00 bits per heavy atom. The number of carbonyl (C=O) groups excluding carboxylic acids is 2. The minimum Gasteiger partial charge on any atom is -0.391 e. The summed E-state index contributed by atoms with van der Waals surface area (Å²) in [5.74, 6) is -0.479. The summed E-state index contributed by atoms with van der Waals surface area (Å²) in [5.41, 5.74) is 8.78. The van der Waals surface area contributed by atoms with Crippen LogP contribution in [0.4, 0.5) is 5.00 Å². The molecule has 1 heterocycles. The van der Waals surface area contributed by atoms with Gasteiger partial charge in [-0.25, -0.2) is 0 Å². The van der Waals surface area contributed by atoms with Crippen molar-refractivity contribution >= 4 is 33.9 Å². The predicted molar refractivity (Wildman–Crippen MR) is 105 cm³/mol. The van der Waals surface area contributed by atoms with Crippen molar-refractivity contribution in [3.63, 3.8) is 0 Å². The summed E-state index contributed by atoms with van der Waals surface area (Å²) in [6.45, 7) is 0.388. The van der Waals surface area contributed by atoms with Crippen molar-refractivity contribution in [2.24, 2.45) is 16.8 Å². The Hall–Kier alpha value is -2.67. The molecule has 2 aromatic rings. The molecule has 0 aliphatic heterocycles. The zero-order valence-corrected chi connectivity index (χ0v) is 15.7. The average molecular weight is 383 g/mol. The molecule has 4 rings (SSSR count). The maximum absolute atomic E-state index is 12.2. The molecule has 1 aromatic heterocycles. The van der Waals surface area contributed by atoms with Gasteiger partial charge in [0.1, 0.15) is 11.6 Å². The SMILES string of the molecule is NC(=O)c1c(NC(=O)C2CC2)sc2c1CCC/C2=N\OCc1ccccc1. The van der Waals surface area contributed by atoms with Gasteiger partial charge in [-0.1, -0.05) is 35.5 Å². The van der Waals surface area contributed by atoms with Gasteiger partial charge in [0.15, 0.2) is 0 Å². The molecule has 2 aliphatic rings. The fourth-order valence-corrected chi connectivity index (χ4v) is 4.50. The summed E-state index contributed by atoms with van der Waals surface area (Å²) in [7, 11) is 0. The summed E-state index contributed by atoms with van der Waals surface area (Å²) in [6.07, 6.45) is 4.21. The Kier molecular flexibility index (Phi) is 4.94. The Labute approximate surface area is 161 Å². The van der Waals surface area contributed by atoms with Crippen LogP contribution in [0.25, 0.3) is 0 Å². The molecule has 0 saturated heterocycles. The number of carbonyl (C=O) groups is 2. The lowest BCUT2D eigenvalue weighted by atomic mass is 9.94. The van der Waals surface area contributed by atoms with E-state index in [1.165, 1.54) is 11.3 Å². The molecule has 1 aromatic carbocycles. The first-order valence-corrected chi connectivity index (χ1v) is 9.94. The van der Waals surface area contributed by atoms with Crippen molar-refractivity contribution in [1.82, 2.24) is 0 Å². The van der Waals surface area contributed by atoms with Crippen LogP contribution in [0.15, 0.2) is 35.5 Å². The minimum atomic E-state index is -0.509. The third-order valence-electron chi connectivity index (χ3n) is 4.79. The smallest absolute Gasteiger partial charge is 0.252 e. The van der Waals surface area contributed by atoms with Gasteiger partial charge in [-0.15, -0.1) is 11.3 Å². The Balaban J connectivity index is 1.58. The second-order valence-electron chi connectivity index (χ2n) is 6.89. The number of amides is 2. The number of hydrogen-bond acceptors (Lipinski definition) is 5. The van der Waals surface area contributed by atoms with Crippen molar-refractivity contribution in [1.29, 1.82) is 0 Å². The van der Waals surface area contributed by atoms with E-state index in [-0.39, 0.29) is 11.8 Å². The van der Waals surface area contributed by atoms with E-state index in [0.29, 0.717) is 17.2 Å². The number of anilines is 1. The highest BCUT2D eigenvalue weighted by molar-refractivity contribution is 7.19. The molecule has 0 atom stereocenters. The van der Waals surface area contributed by atoms with Gasteiger partial charge in [0.25, 0.3) is 5.91 Å². The number of thiophene rings is 1. The molecular formula is C20H21N3O3S. The van der Waals surface area contributed by atoms with Crippen LogP contribution >= 0.6 is 11.3 Å². The van der Waals surface area contributed by atoms with Crippen LogP contribution < -0.4 is 11.1 Å². The summed E-state index contributed by atoms with van der Waals surface area (Å²) >= 11 is 1.37. The fraction of sp³-hybridized carbons (Fsp3) is 0.350. The molecule has 0 unspecified atom stereocenters. The molecule has 1 fully saturated rings. The highest BCUT2D eigenvalue weighted by atomic mass is 32.1. The lowest BCUT2D eigenvalue weighted by molar-refractivity contribution is -0.117. The van der Waals surface area contributed by atoms with Crippen LogP contribution in [0.3, 0.4) is 0 Å². The van der Waals surface area contributed by atoms with Crippen molar-refractivity contribution in [2.75, 3.05) is 5.32 Å². The monoisotopic (exact) mass is 383 g/mol. The minimum absolute atomic E-state index is 0.0325. The van der Waals surface area contributed by atoms with Crippen LogP contribution in [0.1, 0.15) is 52.0 Å². The molecule has 1 saturated carbocycles. The third-order valence-corrected chi connectivity index (χ3v) is 5.99. The Morgan fingerprint density at radius 1 is 1.22 bits per heavy atom. The molecule has 27 heavy (non-hydrogen) atoms. The number of benzene rings is 1. The molecule has 0 radical (unpaired) electrons. The standard InChI is InChI=1S/C20H21N3O3S/c21-18(24)16-14-7-4-8-15(23-26-11-12-5-2-1-3-6-12)17(14)27-20(16)22-19(25)13-9-10-13/h1-3,5-6,13H,4,7-11H2,(H2,21,24)(H,22,25)/b23-15+. The lowest BCUT2D eigenvalue weighted by Gasteiger charge is -2.14. The largest absolute Gasteiger partial charge is 0.391 e. The molecule has 3 N–H and O–H groups in total. The van der Waals surface area contributed by atoms with Crippen LogP contribution in [-0.2, 0) is 22.7 Å². The van der Waals surface area contributed by atoms with Gasteiger partial charge in [-0.3, -0.25) is 9.59 Å². The van der Waals surface area contributed by atoms with Crippen molar-refractivity contribution in [3.05, 3.63) is 51.9 Å². The number of primary amides is 1. The first-order chi connectivity index (χ1) is 13.1. The molecule has 7 heteroatoms. The molecule has 140 valence electrons. The van der Waals surface area contributed by atoms with Crippen LogP contribution in [-0.4, -0.2) is 17.5 Å². The summed E-state index contributed by atoms with van der Waals surface area (Å²) in [4.78, 5) is 30.6. The second kappa shape index (κ2) is 7.52. The van der Waals surface area contributed by atoms with Crippen LogP contribution in [0, 0.1) is 5.92 Å². The number of fused-ring (bicyclic) bond motifs is 1. The van der Waals surface area contributed by atoms with Crippen molar-refractivity contribution < 1.29 is 14.4 Å². The van der Waals surface area contributed by atoms with Gasteiger partial charge in [0, 0.05) is 5.92 Å². The van der Waals surface area contributed by atoms with Gasteiger partial charge in [-0.2, -0.15) is 0 Å². The first kappa shape index (κ1) is 17.7. The zero-order valence-electron chi connectivity index (χ0n) is 14.9. The lowest BCUT2D eigenvalue weighted by Crippen LogP contribution is -2.20. The van der Waals surface area contributed by atoms with Gasteiger partial charge in [0.05, 0.1) is 16.2 Å². The highest BCUT2D eigenvalue weighted by Crippen LogP contribution is 2.39. The summed E-state index contributed by atoms with van der Waals surface area (Å²) < 4.78 is 0. The predicted octanol–water partition coefficient (Wildman–Crippen LogP) is 3.45. The molecular weight excluding hydrogens is 362 g/mol. The Morgan fingerprint density at radius 3 is 2.70 bits per heavy atom. The third kappa shape index (κ3) is 3.88. The van der Waals surface area contributed by atoms with E-state index < -0.39 is 5.91 Å². The molecule has 2 aliphatic carbocycles. The number of rotatable bonds is 6. The number of nitrogens with zero attached hydrogens (tertiary/aromatic N) is 1. The quantitative estimate of drug-likeness (QED) is 0.748. The van der Waals surface area contributed by atoms with Gasteiger partial charge in [-0.05, 0) is 43.2 Å². The Bertz CT molecular complexity index is 901. The maximum atomic E-state index is 12.2. The van der Waals surface area contributed by atoms with Gasteiger partial charge in [0.2, 0.25) is 5.91 Å². The maximum Gasteiger partial charge on any atom is 0.252 e. The average Bonchev–Trinajstić information content (AvgIpc) is 3.44. The van der Waals surface area contributed by atoms with Crippen molar-refractivity contribution in [2.45, 2.75) is 38.7 Å². The van der Waals surface area contributed by atoms with Gasteiger partial charge >= 0.3 is 0 Å². The first-order valence-electron chi connectivity index (χ1n) is 9.13. The van der Waals surface area contributed by atoms with Crippen molar-refractivity contribution in [3.8, 4) is 0 Å². The van der Waals surface area contributed by atoms with Crippen LogP contribution in [0.5, 0.6) is 0 Å².